The van der Waals surface area contributed by atoms with Crippen molar-refractivity contribution in [2.24, 2.45) is 0 Å². The lowest BCUT2D eigenvalue weighted by Gasteiger charge is -2.26. The number of amides is 1. The van der Waals surface area contributed by atoms with E-state index in [9.17, 15) is 4.79 Å². The van der Waals surface area contributed by atoms with Crippen molar-refractivity contribution in [3.8, 4) is 0 Å². The molecule has 0 aromatic carbocycles. The Morgan fingerprint density at radius 1 is 1.31 bits per heavy atom. The Balaban J connectivity index is 1.56. The average Bonchev–Trinajstić information content (AvgIpc) is 3.34. The van der Waals surface area contributed by atoms with Gasteiger partial charge in [-0.15, -0.1) is 5.10 Å². The summed E-state index contributed by atoms with van der Waals surface area (Å²) >= 11 is 0. The van der Waals surface area contributed by atoms with Gasteiger partial charge in [0.2, 0.25) is 5.89 Å². The van der Waals surface area contributed by atoms with Crippen LogP contribution in [-0.4, -0.2) is 80.1 Å². The Labute approximate surface area is 152 Å². The van der Waals surface area contributed by atoms with Gasteiger partial charge in [-0.25, -0.2) is 0 Å². The van der Waals surface area contributed by atoms with Crippen molar-refractivity contribution < 1.29 is 9.32 Å². The second-order valence-electron chi connectivity index (χ2n) is 6.24. The van der Waals surface area contributed by atoms with Crippen LogP contribution in [0.15, 0.2) is 10.7 Å². The van der Waals surface area contributed by atoms with Crippen molar-refractivity contribution in [1.29, 1.82) is 0 Å². The lowest BCUT2D eigenvalue weighted by atomic mass is 10.3. The van der Waals surface area contributed by atoms with E-state index >= 15 is 0 Å². The number of aromatic nitrogens is 5. The first-order valence-corrected chi connectivity index (χ1v) is 9.13. The van der Waals surface area contributed by atoms with Crippen LogP contribution >= 0.6 is 0 Å². The second kappa shape index (κ2) is 8.86. The van der Waals surface area contributed by atoms with Crippen molar-refractivity contribution >= 4 is 5.91 Å². The molecular weight excluding hydrogens is 336 g/mol. The van der Waals surface area contributed by atoms with Crippen LogP contribution in [0, 0.1) is 0 Å². The van der Waals surface area contributed by atoms with Crippen LogP contribution in [0.1, 0.15) is 36.1 Å². The van der Waals surface area contributed by atoms with Crippen molar-refractivity contribution in [1.82, 2.24) is 40.3 Å². The lowest BCUT2D eigenvalue weighted by Crippen LogP contribution is -2.44. The summed E-state index contributed by atoms with van der Waals surface area (Å²) < 4.78 is 6.91. The number of carbonyl (C=O) groups excluding carboxylic acids is 1. The molecule has 1 aliphatic heterocycles. The van der Waals surface area contributed by atoms with Crippen LogP contribution in [0.25, 0.3) is 0 Å². The summed E-state index contributed by atoms with van der Waals surface area (Å²) in [5.74, 6) is 0.891. The van der Waals surface area contributed by atoms with Crippen molar-refractivity contribution in [3.63, 3.8) is 0 Å². The maximum atomic E-state index is 12.7. The Morgan fingerprint density at radius 3 is 2.81 bits per heavy atom. The van der Waals surface area contributed by atoms with Gasteiger partial charge in [0.25, 0.3) is 5.91 Å². The molecular formula is C16H26N8O2. The Morgan fingerprint density at radius 2 is 2.12 bits per heavy atom. The van der Waals surface area contributed by atoms with E-state index in [1.54, 1.807) is 15.8 Å². The van der Waals surface area contributed by atoms with Crippen molar-refractivity contribution in [2.45, 2.75) is 33.4 Å². The van der Waals surface area contributed by atoms with E-state index in [1.165, 1.54) is 0 Å². The SMILES string of the molecule is CCc1noc(CN(CC)C(=O)c2cn(CCN3CCNCC3)nn2)n1. The fourth-order valence-electron chi connectivity index (χ4n) is 2.83. The van der Waals surface area contributed by atoms with E-state index in [2.05, 4.69) is 30.7 Å². The predicted octanol–water partition coefficient (Wildman–Crippen LogP) is -0.209. The molecule has 0 atom stereocenters. The number of hydrogen-bond donors (Lipinski definition) is 1. The quantitative estimate of drug-likeness (QED) is 0.688. The summed E-state index contributed by atoms with van der Waals surface area (Å²) in [7, 11) is 0. The molecule has 0 spiro atoms. The minimum atomic E-state index is -0.183. The van der Waals surface area contributed by atoms with E-state index < -0.39 is 0 Å². The molecule has 1 aliphatic rings. The lowest BCUT2D eigenvalue weighted by molar-refractivity contribution is 0.0728. The molecule has 3 heterocycles. The standard InChI is InChI=1S/C16H26N8O2/c1-3-14-18-15(26-20-14)12-23(4-2)16(25)13-11-24(21-19-13)10-9-22-7-5-17-6-8-22/h11,17H,3-10,12H2,1-2H3. The van der Waals surface area contributed by atoms with Gasteiger partial charge in [0, 0.05) is 45.7 Å². The van der Waals surface area contributed by atoms with E-state index in [1.807, 2.05) is 13.8 Å². The smallest absolute Gasteiger partial charge is 0.276 e. The molecule has 0 radical (unpaired) electrons. The van der Waals surface area contributed by atoms with Crippen LogP contribution < -0.4 is 5.32 Å². The third-order valence-corrected chi connectivity index (χ3v) is 4.43. The summed E-state index contributed by atoms with van der Waals surface area (Å²) in [4.78, 5) is 20.9. The molecule has 0 saturated carbocycles. The van der Waals surface area contributed by atoms with E-state index in [-0.39, 0.29) is 12.5 Å². The normalized spacial score (nSPS) is 15.3. The van der Waals surface area contributed by atoms with Gasteiger partial charge in [-0.2, -0.15) is 4.98 Å². The van der Waals surface area contributed by atoms with Crippen molar-refractivity contribution in [2.75, 3.05) is 39.3 Å². The first-order chi connectivity index (χ1) is 12.7. The highest BCUT2D eigenvalue weighted by molar-refractivity contribution is 5.91. The van der Waals surface area contributed by atoms with Gasteiger partial charge in [-0.3, -0.25) is 14.4 Å². The minimum absolute atomic E-state index is 0.183. The molecule has 1 saturated heterocycles. The number of carbonyl (C=O) groups is 1. The zero-order valence-electron chi connectivity index (χ0n) is 15.4. The first-order valence-electron chi connectivity index (χ1n) is 9.13. The van der Waals surface area contributed by atoms with Gasteiger partial charge in [0.15, 0.2) is 11.5 Å². The molecule has 10 nitrogen and oxygen atoms in total. The van der Waals surface area contributed by atoms with E-state index in [0.29, 0.717) is 30.4 Å². The number of rotatable bonds is 8. The Bertz CT molecular complexity index is 707. The molecule has 142 valence electrons. The van der Waals surface area contributed by atoms with Crippen LogP contribution in [0.2, 0.25) is 0 Å². The number of aryl methyl sites for hydroxylation is 1. The molecule has 1 N–H and O–H groups in total. The fourth-order valence-corrected chi connectivity index (χ4v) is 2.83. The third kappa shape index (κ3) is 4.64. The molecule has 3 rings (SSSR count). The van der Waals surface area contributed by atoms with Gasteiger partial charge in [0.1, 0.15) is 6.54 Å². The van der Waals surface area contributed by atoms with Gasteiger partial charge in [-0.05, 0) is 6.92 Å². The second-order valence-corrected chi connectivity index (χ2v) is 6.24. The van der Waals surface area contributed by atoms with Crippen LogP contribution in [-0.2, 0) is 19.5 Å². The van der Waals surface area contributed by atoms with Crippen LogP contribution in [0.4, 0.5) is 0 Å². The molecule has 1 amide bonds. The monoisotopic (exact) mass is 362 g/mol. The fraction of sp³-hybridized carbons (Fsp3) is 0.688. The molecule has 0 unspecified atom stereocenters. The molecule has 2 aromatic heterocycles. The van der Waals surface area contributed by atoms with Gasteiger partial charge in [-0.1, -0.05) is 17.3 Å². The number of hydrogen-bond acceptors (Lipinski definition) is 8. The topological polar surface area (TPSA) is 105 Å². The highest BCUT2D eigenvalue weighted by atomic mass is 16.5. The largest absolute Gasteiger partial charge is 0.337 e. The summed E-state index contributed by atoms with van der Waals surface area (Å²) in [6.45, 7) is 10.4. The summed E-state index contributed by atoms with van der Waals surface area (Å²) in [5.41, 5.74) is 0.336. The van der Waals surface area contributed by atoms with Crippen LogP contribution in [0.3, 0.4) is 0 Å². The first kappa shape index (κ1) is 18.5. The summed E-state index contributed by atoms with van der Waals surface area (Å²) in [6.07, 6.45) is 2.41. The van der Waals surface area contributed by atoms with Gasteiger partial charge >= 0.3 is 0 Å². The molecule has 26 heavy (non-hydrogen) atoms. The molecule has 2 aromatic rings. The third-order valence-electron chi connectivity index (χ3n) is 4.43. The molecule has 1 fully saturated rings. The maximum Gasteiger partial charge on any atom is 0.276 e. The molecule has 10 heteroatoms. The average molecular weight is 362 g/mol. The zero-order chi connectivity index (χ0) is 18.4. The van der Waals surface area contributed by atoms with E-state index in [4.69, 9.17) is 4.52 Å². The molecule has 0 bridgehead atoms. The number of nitrogens with one attached hydrogen (secondary N) is 1. The predicted molar refractivity (Wildman–Crippen MR) is 93.4 cm³/mol. The maximum absolute atomic E-state index is 12.7. The number of nitrogens with zero attached hydrogens (tertiary/aromatic N) is 7. The molecule has 0 aliphatic carbocycles. The summed E-state index contributed by atoms with van der Waals surface area (Å²) in [5, 5.41) is 15.3. The Hall–Kier alpha value is -2.33. The number of piperazine rings is 1. The van der Waals surface area contributed by atoms with Gasteiger partial charge in [0.05, 0.1) is 12.7 Å². The highest BCUT2D eigenvalue weighted by Gasteiger charge is 2.20. The highest BCUT2D eigenvalue weighted by Crippen LogP contribution is 2.08. The minimum Gasteiger partial charge on any atom is -0.337 e. The zero-order valence-corrected chi connectivity index (χ0v) is 15.4. The van der Waals surface area contributed by atoms with Crippen molar-refractivity contribution in [3.05, 3.63) is 23.6 Å². The van der Waals surface area contributed by atoms with Gasteiger partial charge < -0.3 is 14.7 Å². The summed E-state index contributed by atoms with van der Waals surface area (Å²) in [6, 6.07) is 0. The van der Waals surface area contributed by atoms with E-state index in [0.717, 1.165) is 39.3 Å². The van der Waals surface area contributed by atoms with Crippen LogP contribution in [0.5, 0.6) is 0 Å². The Kier molecular flexibility index (Phi) is 6.29.